The Labute approximate surface area is 69.2 Å². The molecule has 2 heteroatoms. The first-order chi connectivity index (χ1) is 5.07. The third-order valence-corrected chi connectivity index (χ3v) is 2.04. The van der Waals surface area contributed by atoms with Crippen molar-refractivity contribution in [3.8, 4) is 0 Å². The number of aliphatic hydroxyl groups is 2. The first-order valence-electron chi connectivity index (χ1n) is 4.36. The van der Waals surface area contributed by atoms with E-state index in [9.17, 15) is 5.11 Å². The highest BCUT2D eigenvalue weighted by Crippen LogP contribution is 2.12. The summed E-state index contributed by atoms with van der Waals surface area (Å²) in [5.74, 6) is 0.657. The Balaban J connectivity index is 3.37. The number of rotatable bonds is 5. The van der Waals surface area contributed by atoms with Crippen molar-refractivity contribution in [3.05, 3.63) is 0 Å². The van der Waals surface area contributed by atoms with Gasteiger partial charge in [0.25, 0.3) is 0 Å². The van der Waals surface area contributed by atoms with Crippen molar-refractivity contribution in [2.45, 2.75) is 39.7 Å². The zero-order valence-electron chi connectivity index (χ0n) is 7.75. The summed E-state index contributed by atoms with van der Waals surface area (Å²) in [5, 5.41) is 18.1. The molecule has 0 amide bonds. The van der Waals surface area contributed by atoms with Crippen LogP contribution in [0.15, 0.2) is 0 Å². The average molecular weight is 160 g/mol. The summed E-state index contributed by atoms with van der Waals surface area (Å²) in [6, 6.07) is 0. The van der Waals surface area contributed by atoms with Crippen LogP contribution in [-0.4, -0.2) is 22.9 Å². The van der Waals surface area contributed by atoms with Gasteiger partial charge in [0.2, 0.25) is 0 Å². The van der Waals surface area contributed by atoms with E-state index < -0.39 is 0 Å². The van der Waals surface area contributed by atoms with Crippen LogP contribution >= 0.6 is 0 Å². The number of aliphatic hydroxyl groups excluding tert-OH is 2. The Morgan fingerprint density at radius 1 is 1.09 bits per heavy atom. The monoisotopic (exact) mass is 160 g/mol. The van der Waals surface area contributed by atoms with Crippen LogP contribution in [0.1, 0.15) is 33.6 Å². The van der Waals surface area contributed by atoms with E-state index in [1.54, 1.807) is 0 Å². The molecular formula is C9H20O2. The molecule has 0 saturated heterocycles. The maximum Gasteiger partial charge on any atom is 0.0563 e. The molecule has 1 unspecified atom stereocenters. The minimum atomic E-state index is -0.205. The molecular weight excluding hydrogens is 140 g/mol. The van der Waals surface area contributed by atoms with E-state index in [1.807, 2.05) is 20.8 Å². The van der Waals surface area contributed by atoms with Crippen LogP contribution in [0.25, 0.3) is 0 Å². The Hall–Kier alpha value is -0.0800. The van der Waals surface area contributed by atoms with Crippen LogP contribution in [0.5, 0.6) is 0 Å². The van der Waals surface area contributed by atoms with E-state index in [-0.39, 0.29) is 12.7 Å². The van der Waals surface area contributed by atoms with Gasteiger partial charge < -0.3 is 10.2 Å². The quantitative estimate of drug-likeness (QED) is 0.638. The predicted molar refractivity (Wildman–Crippen MR) is 46.3 cm³/mol. The molecule has 0 aromatic carbocycles. The normalized spacial score (nSPS) is 16.9. The van der Waals surface area contributed by atoms with Gasteiger partial charge in [-0.15, -0.1) is 0 Å². The maximum absolute atomic E-state index is 9.39. The van der Waals surface area contributed by atoms with Gasteiger partial charge in [0.05, 0.1) is 6.10 Å². The molecule has 0 radical (unpaired) electrons. The largest absolute Gasteiger partial charge is 0.396 e. The third kappa shape index (κ3) is 5.22. The summed E-state index contributed by atoms with van der Waals surface area (Å²) >= 11 is 0. The summed E-state index contributed by atoms with van der Waals surface area (Å²) in [7, 11) is 0. The molecule has 0 aromatic rings. The standard InChI is InChI=1S/C9H20O2/c1-7(2)9(11)5-4-8(3)6-10/h7-11H,4-6H2,1-3H3/t8?,9-/m0/s1. The van der Waals surface area contributed by atoms with Gasteiger partial charge in [0, 0.05) is 6.61 Å². The van der Waals surface area contributed by atoms with Crippen molar-refractivity contribution in [2.24, 2.45) is 11.8 Å². The fourth-order valence-corrected chi connectivity index (χ4v) is 0.880. The minimum Gasteiger partial charge on any atom is -0.396 e. The van der Waals surface area contributed by atoms with Crippen molar-refractivity contribution < 1.29 is 10.2 Å². The second kappa shape index (κ2) is 5.56. The number of hydrogen-bond acceptors (Lipinski definition) is 2. The highest BCUT2D eigenvalue weighted by Gasteiger charge is 2.10. The minimum absolute atomic E-state index is 0.205. The van der Waals surface area contributed by atoms with Crippen LogP contribution in [0.2, 0.25) is 0 Å². The Morgan fingerprint density at radius 2 is 1.64 bits per heavy atom. The lowest BCUT2D eigenvalue weighted by atomic mass is 9.98. The van der Waals surface area contributed by atoms with E-state index in [0.717, 1.165) is 12.8 Å². The van der Waals surface area contributed by atoms with Gasteiger partial charge in [-0.25, -0.2) is 0 Å². The molecule has 0 aromatic heterocycles. The van der Waals surface area contributed by atoms with Crippen molar-refractivity contribution in [1.29, 1.82) is 0 Å². The lowest BCUT2D eigenvalue weighted by molar-refractivity contribution is 0.103. The fraction of sp³-hybridized carbons (Fsp3) is 1.00. The third-order valence-electron chi connectivity index (χ3n) is 2.04. The number of hydrogen-bond donors (Lipinski definition) is 2. The van der Waals surface area contributed by atoms with E-state index in [4.69, 9.17) is 5.11 Å². The zero-order valence-corrected chi connectivity index (χ0v) is 7.75. The fourth-order valence-electron chi connectivity index (χ4n) is 0.880. The van der Waals surface area contributed by atoms with Gasteiger partial charge in [0.1, 0.15) is 0 Å². The molecule has 0 aliphatic heterocycles. The van der Waals surface area contributed by atoms with E-state index >= 15 is 0 Å². The lowest BCUT2D eigenvalue weighted by Gasteiger charge is -2.15. The van der Waals surface area contributed by atoms with E-state index in [0.29, 0.717) is 11.8 Å². The van der Waals surface area contributed by atoms with Crippen LogP contribution in [-0.2, 0) is 0 Å². The van der Waals surface area contributed by atoms with Crippen LogP contribution in [0.3, 0.4) is 0 Å². The molecule has 2 N–H and O–H groups in total. The molecule has 0 heterocycles. The smallest absolute Gasteiger partial charge is 0.0563 e. The summed E-state index contributed by atoms with van der Waals surface area (Å²) in [4.78, 5) is 0. The molecule has 0 rings (SSSR count). The van der Waals surface area contributed by atoms with Crippen molar-refractivity contribution in [2.75, 3.05) is 6.61 Å². The first-order valence-corrected chi connectivity index (χ1v) is 4.36. The zero-order chi connectivity index (χ0) is 8.85. The molecule has 68 valence electrons. The first kappa shape index (κ1) is 10.9. The lowest BCUT2D eigenvalue weighted by Crippen LogP contribution is -2.16. The summed E-state index contributed by atoms with van der Waals surface area (Å²) < 4.78 is 0. The summed E-state index contributed by atoms with van der Waals surface area (Å²) in [6.45, 7) is 6.24. The predicted octanol–water partition coefficient (Wildman–Crippen LogP) is 1.41. The van der Waals surface area contributed by atoms with E-state index in [2.05, 4.69) is 0 Å². The van der Waals surface area contributed by atoms with Crippen LogP contribution in [0, 0.1) is 11.8 Å². The average Bonchev–Trinajstić information content (AvgIpc) is 1.99. The maximum atomic E-state index is 9.39. The highest BCUT2D eigenvalue weighted by atomic mass is 16.3. The molecule has 0 fully saturated rings. The van der Waals surface area contributed by atoms with Crippen molar-refractivity contribution in [3.63, 3.8) is 0 Å². The highest BCUT2D eigenvalue weighted by molar-refractivity contribution is 4.61. The van der Waals surface area contributed by atoms with Gasteiger partial charge in [0.15, 0.2) is 0 Å². The molecule has 0 spiro atoms. The summed E-state index contributed by atoms with van der Waals surface area (Å²) in [6.07, 6.45) is 1.51. The van der Waals surface area contributed by atoms with Crippen LogP contribution < -0.4 is 0 Å². The van der Waals surface area contributed by atoms with Gasteiger partial charge in [-0.1, -0.05) is 20.8 Å². The topological polar surface area (TPSA) is 40.5 Å². The van der Waals surface area contributed by atoms with E-state index in [1.165, 1.54) is 0 Å². The van der Waals surface area contributed by atoms with Crippen LogP contribution in [0.4, 0.5) is 0 Å². The van der Waals surface area contributed by atoms with Crippen molar-refractivity contribution in [1.82, 2.24) is 0 Å². The Kier molecular flexibility index (Phi) is 5.51. The van der Waals surface area contributed by atoms with Gasteiger partial charge >= 0.3 is 0 Å². The van der Waals surface area contributed by atoms with Gasteiger partial charge in [-0.3, -0.25) is 0 Å². The molecule has 11 heavy (non-hydrogen) atoms. The SMILES string of the molecule is CC(CO)CC[C@H](O)C(C)C. The Bertz CT molecular complexity index is 91.6. The molecule has 0 saturated carbocycles. The van der Waals surface area contributed by atoms with Gasteiger partial charge in [-0.2, -0.15) is 0 Å². The molecule has 2 atom stereocenters. The second-order valence-corrected chi connectivity index (χ2v) is 3.68. The molecule has 0 aliphatic rings. The molecule has 2 nitrogen and oxygen atoms in total. The molecule has 0 bridgehead atoms. The van der Waals surface area contributed by atoms with Gasteiger partial charge in [-0.05, 0) is 24.7 Å². The molecule has 0 aliphatic carbocycles. The second-order valence-electron chi connectivity index (χ2n) is 3.68. The summed E-state index contributed by atoms with van der Waals surface area (Å²) in [5.41, 5.74) is 0. The van der Waals surface area contributed by atoms with Crippen molar-refractivity contribution >= 4 is 0 Å². The Morgan fingerprint density at radius 3 is 2.00 bits per heavy atom.